The van der Waals surface area contributed by atoms with Gasteiger partial charge in [0.25, 0.3) is 0 Å². The molecule has 6 heteroatoms. The number of aromatic nitrogens is 1. The van der Waals surface area contributed by atoms with Gasteiger partial charge in [0.15, 0.2) is 0 Å². The van der Waals surface area contributed by atoms with Gasteiger partial charge in [0.2, 0.25) is 6.71 Å². The molecule has 16 aromatic rings. The zero-order valence-corrected chi connectivity index (χ0v) is 50.2. The number of fused-ring (bicyclic) bond motifs is 20. The molecular weight excluding hydrogens is 1140 g/mol. The Labute approximate surface area is 546 Å². The molecule has 0 radical (unpaired) electrons. The van der Waals surface area contributed by atoms with Crippen LogP contribution in [0.2, 0.25) is 0 Å². The predicted octanol–water partition coefficient (Wildman–Crippen LogP) is 21.1. The van der Waals surface area contributed by atoms with Crippen LogP contribution in [0, 0.1) is 0 Å². The summed E-state index contributed by atoms with van der Waals surface area (Å²) < 4.78 is 87.3. The van der Waals surface area contributed by atoms with Crippen LogP contribution in [-0.4, -0.2) is 11.3 Å². The van der Waals surface area contributed by atoms with Gasteiger partial charge in [-0.25, -0.2) is 0 Å². The van der Waals surface area contributed by atoms with Crippen molar-refractivity contribution in [2.45, 2.75) is 15.2 Å². The molecule has 5 heterocycles. The summed E-state index contributed by atoms with van der Waals surface area (Å²) in [5.74, 6) is 1.42. The maximum absolute atomic E-state index is 9.89. The fourth-order valence-corrected chi connectivity index (χ4v) is 18.2. The molecule has 20 rings (SSSR count). The van der Waals surface area contributed by atoms with Gasteiger partial charge >= 0.3 is 0 Å². The number of para-hydroxylation sites is 4. The lowest BCUT2D eigenvalue weighted by atomic mass is 9.34. The fraction of sp³-hybridized carbons (Fsp3) is 0.0118. The first-order valence-electron chi connectivity index (χ1n) is 34.7. The van der Waals surface area contributed by atoms with E-state index in [4.69, 9.17) is 7.48 Å². The molecular formula is C85H51BN2OS2. The molecule has 91 heavy (non-hydrogen) atoms. The lowest BCUT2D eigenvalue weighted by molar-refractivity contribution is 0.437. The van der Waals surface area contributed by atoms with Gasteiger partial charge in [0.05, 0.1) is 33.1 Å². The molecule has 0 saturated heterocycles. The van der Waals surface area contributed by atoms with Crippen molar-refractivity contribution in [1.29, 1.82) is 0 Å². The van der Waals surface area contributed by atoms with Crippen molar-refractivity contribution in [3.05, 3.63) is 331 Å². The quantitative estimate of drug-likeness (QED) is 0.155. The molecule has 2 aromatic heterocycles. The van der Waals surface area contributed by atoms with Crippen LogP contribution in [0.5, 0.6) is 11.5 Å². The SMILES string of the molecule is [2H]c1c([2H])c([2H])c2c(c1[2H])c1c([2H])c([2H])c([2H])c([2H])c1n2-c1cc2c3c(c1)N(c1c(-c4cccc(-c5ccccc5)c4)cccc1-c1cccc(-c4ccccc4)c1)c1cc4c(cc1B3c1ccc3sc5ccccc5c3c1S2)C1(c2ccccc2O4)c2ccccc2-c2ccccc21. The molecule has 3 nitrogen and oxygen atoms in total. The number of hydrogen-bond donors (Lipinski definition) is 0. The first kappa shape index (κ1) is 43.7. The van der Waals surface area contributed by atoms with Gasteiger partial charge in [0, 0.05) is 86.1 Å². The Hall–Kier alpha value is -10.9. The number of nitrogens with zero attached hydrogens (tertiary/aromatic N) is 2. The molecule has 0 saturated carbocycles. The lowest BCUT2D eigenvalue weighted by Crippen LogP contribution is -2.60. The average Bonchev–Trinajstić information content (AvgIpc) is 1.65. The standard InChI is InChI=1S/C85H51BN2OS2/c1-3-22-52(23-4-1)54-26-19-28-56(46-54)59-35-21-36-60(57-29-20-27-55(47-57)53-24-5-2-6-25-53)83(59)88-74-51-77-69(85(68-39-14-17-42-76(68)89-77)66-37-12-7-30-61(66)62-31-8-13-38-67(62)85)50-71(74)86-70-44-45-79-81(65-34-11-18-43-78(65)90-79)84(70)91-80-49-58(48-75(88)82(80)86)87-72-40-15-9-32-63(72)64-33-10-16-41-73(64)87/h1-51H/i9D,10D,15D,16D,32D,33D,40D,41D. The maximum Gasteiger partial charge on any atom is 0.249 e. The van der Waals surface area contributed by atoms with E-state index in [-0.39, 0.29) is 33.9 Å². The Bertz CT molecular complexity index is 6050. The van der Waals surface area contributed by atoms with Gasteiger partial charge in [-0.2, -0.15) is 0 Å². The number of thiophene rings is 1. The molecule has 422 valence electrons. The normalized spacial score (nSPS) is 14.8. The Morgan fingerprint density at radius 3 is 1.64 bits per heavy atom. The van der Waals surface area contributed by atoms with Crippen molar-refractivity contribution in [3.8, 4) is 72.8 Å². The molecule has 0 fully saturated rings. The van der Waals surface area contributed by atoms with Crippen molar-refractivity contribution in [2.75, 3.05) is 4.90 Å². The zero-order chi connectivity index (χ0) is 66.4. The zero-order valence-electron chi connectivity index (χ0n) is 56.5. The number of rotatable bonds is 6. The van der Waals surface area contributed by atoms with Crippen molar-refractivity contribution in [3.63, 3.8) is 0 Å². The third-order valence-electron chi connectivity index (χ3n) is 19.3. The van der Waals surface area contributed by atoms with Crippen LogP contribution in [-0.2, 0) is 5.41 Å². The molecule has 0 bridgehead atoms. The Balaban J connectivity index is 0.981. The highest BCUT2D eigenvalue weighted by Crippen LogP contribution is 2.63. The van der Waals surface area contributed by atoms with Crippen LogP contribution in [0.3, 0.4) is 0 Å². The molecule has 0 atom stereocenters. The number of ether oxygens (including phenoxy) is 1. The van der Waals surface area contributed by atoms with Crippen molar-refractivity contribution in [2.24, 2.45) is 0 Å². The van der Waals surface area contributed by atoms with Gasteiger partial charge in [0.1, 0.15) is 11.5 Å². The van der Waals surface area contributed by atoms with Crippen LogP contribution in [0.1, 0.15) is 33.2 Å². The topological polar surface area (TPSA) is 17.4 Å². The minimum Gasteiger partial charge on any atom is -0.457 e. The summed E-state index contributed by atoms with van der Waals surface area (Å²) in [5, 5.41) is 2.29. The minimum atomic E-state index is -0.833. The summed E-state index contributed by atoms with van der Waals surface area (Å²) in [4.78, 5) is 4.37. The minimum absolute atomic E-state index is 0.0103. The largest absolute Gasteiger partial charge is 0.457 e. The second-order valence-corrected chi connectivity index (χ2v) is 26.1. The van der Waals surface area contributed by atoms with E-state index in [1.54, 1.807) is 27.7 Å². The molecule has 3 aliphatic heterocycles. The van der Waals surface area contributed by atoms with Gasteiger partial charge in [-0.15, -0.1) is 11.3 Å². The summed E-state index contributed by atoms with van der Waals surface area (Å²) in [7, 11) is 0. The van der Waals surface area contributed by atoms with E-state index in [9.17, 15) is 8.22 Å². The van der Waals surface area contributed by atoms with E-state index >= 15 is 0 Å². The van der Waals surface area contributed by atoms with Gasteiger partial charge in [-0.1, -0.05) is 266 Å². The molecule has 1 aliphatic carbocycles. The van der Waals surface area contributed by atoms with Crippen LogP contribution in [0.4, 0.5) is 17.1 Å². The Kier molecular flexibility index (Phi) is 9.39. The smallest absolute Gasteiger partial charge is 0.249 e. The summed E-state index contributed by atoms with van der Waals surface area (Å²) >= 11 is 3.44. The lowest BCUT2D eigenvalue weighted by Gasteiger charge is -2.45. The highest BCUT2D eigenvalue weighted by atomic mass is 32.2. The van der Waals surface area contributed by atoms with Gasteiger partial charge in [-0.05, 0) is 121 Å². The third kappa shape index (κ3) is 7.29. The molecule has 0 N–H and O–H groups in total. The van der Waals surface area contributed by atoms with E-state index in [0.29, 0.717) is 11.4 Å². The Morgan fingerprint density at radius 1 is 0.396 bits per heavy atom. The maximum atomic E-state index is 9.89. The molecule has 0 unspecified atom stereocenters. The van der Waals surface area contributed by atoms with Crippen LogP contribution < -0.4 is 26.0 Å². The van der Waals surface area contributed by atoms with Gasteiger partial charge < -0.3 is 14.2 Å². The monoisotopic (exact) mass is 1200 g/mol. The van der Waals surface area contributed by atoms with E-state index < -0.39 is 48.4 Å². The second kappa shape index (κ2) is 19.6. The molecule has 4 aliphatic rings. The van der Waals surface area contributed by atoms with Crippen LogP contribution in [0.15, 0.2) is 319 Å². The van der Waals surface area contributed by atoms with E-state index in [0.717, 1.165) is 136 Å². The van der Waals surface area contributed by atoms with Crippen molar-refractivity contribution < 1.29 is 15.7 Å². The highest BCUT2D eigenvalue weighted by molar-refractivity contribution is 8.00. The van der Waals surface area contributed by atoms with E-state index in [1.165, 1.54) is 11.1 Å². The Morgan fingerprint density at radius 2 is 0.956 bits per heavy atom. The van der Waals surface area contributed by atoms with Crippen molar-refractivity contribution >= 4 is 105 Å². The van der Waals surface area contributed by atoms with E-state index in [1.807, 2.05) is 18.2 Å². The number of benzene rings is 14. The predicted molar refractivity (Wildman–Crippen MR) is 383 cm³/mol. The van der Waals surface area contributed by atoms with Crippen LogP contribution in [0.25, 0.3) is 103 Å². The van der Waals surface area contributed by atoms with Crippen molar-refractivity contribution in [1.82, 2.24) is 4.57 Å². The number of hydrogen-bond acceptors (Lipinski definition) is 4. The van der Waals surface area contributed by atoms with Crippen LogP contribution >= 0.6 is 23.1 Å². The summed E-state index contributed by atoms with van der Waals surface area (Å²) in [6.07, 6.45) is 0. The second-order valence-electron chi connectivity index (χ2n) is 23.9. The average molecular weight is 1200 g/mol. The first-order chi connectivity index (χ1) is 48.5. The fourth-order valence-electron chi connectivity index (χ4n) is 15.6. The van der Waals surface area contributed by atoms with E-state index in [2.05, 4.69) is 248 Å². The summed E-state index contributed by atoms with van der Waals surface area (Å²) in [6.45, 7) is -0.452. The third-order valence-corrected chi connectivity index (χ3v) is 21.7. The first-order valence-corrected chi connectivity index (χ1v) is 32.3. The molecule has 1 spiro atoms. The molecule has 14 aromatic carbocycles. The number of anilines is 3. The highest BCUT2D eigenvalue weighted by Gasteiger charge is 2.53. The summed E-state index contributed by atoms with van der Waals surface area (Å²) in [6, 6.07) is 89.7. The molecule has 0 amide bonds. The van der Waals surface area contributed by atoms with Gasteiger partial charge in [-0.3, -0.25) is 0 Å². The summed E-state index contributed by atoms with van der Waals surface area (Å²) in [5.41, 5.74) is 20.0.